The molecule has 1 amide bonds. The number of nitrogens with zero attached hydrogens (tertiary/aromatic N) is 1. The standard InChI is InChI=1S/C14H15NO4/c1-19-14(18)12-8-11(16)9-15(12)13(17)7-10-5-3-2-4-6-10/h2-6,12H,7-9H2,1H3. The van der Waals surface area contributed by atoms with Crippen LogP contribution in [0.4, 0.5) is 0 Å². The second-order valence-corrected chi connectivity index (χ2v) is 4.47. The molecular formula is C14H15NO4. The van der Waals surface area contributed by atoms with Crippen molar-refractivity contribution in [2.75, 3.05) is 13.7 Å². The Morgan fingerprint density at radius 2 is 2.00 bits per heavy atom. The summed E-state index contributed by atoms with van der Waals surface area (Å²) >= 11 is 0. The maximum absolute atomic E-state index is 12.2. The smallest absolute Gasteiger partial charge is 0.329 e. The molecule has 1 aromatic rings. The summed E-state index contributed by atoms with van der Waals surface area (Å²) in [6, 6.07) is 8.45. The first-order chi connectivity index (χ1) is 9.11. The van der Waals surface area contributed by atoms with Gasteiger partial charge in [0, 0.05) is 6.42 Å². The first-order valence-corrected chi connectivity index (χ1v) is 6.04. The Balaban J connectivity index is 2.09. The molecule has 5 heteroatoms. The van der Waals surface area contributed by atoms with Gasteiger partial charge in [-0.1, -0.05) is 30.3 Å². The second-order valence-electron chi connectivity index (χ2n) is 4.47. The highest BCUT2D eigenvalue weighted by molar-refractivity contribution is 5.97. The Kier molecular flexibility index (Phi) is 3.94. The number of rotatable bonds is 3. The number of Topliss-reactive ketones (excluding diaryl/α,β-unsaturated/α-hetero) is 1. The molecule has 0 aromatic heterocycles. The van der Waals surface area contributed by atoms with Crippen LogP contribution in [-0.2, 0) is 25.5 Å². The fraction of sp³-hybridized carbons (Fsp3) is 0.357. The van der Waals surface area contributed by atoms with E-state index in [4.69, 9.17) is 0 Å². The normalized spacial score (nSPS) is 18.5. The van der Waals surface area contributed by atoms with Gasteiger partial charge < -0.3 is 9.64 Å². The molecule has 100 valence electrons. The highest BCUT2D eigenvalue weighted by Gasteiger charge is 2.39. The zero-order valence-corrected chi connectivity index (χ0v) is 10.7. The van der Waals surface area contributed by atoms with E-state index >= 15 is 0 Å². The van der Waals surface area contributed by atoms with Crippen molar-refractivity contribution in [3.05, 3.63) is 35.9 Å². The Bertz CT molecular complexity index is 497. The lowest BCUT2D eigenvalue weighted by atomic mass is 10.1. The third-order valence-electron chi connectivity index (χ3n) is 3.14. The van der Waals surface area contributed by atoms with E-state index in [0.717, 1.165) is 5.56 Å². The number of esters is 1. The number of hydrogen-bond acceptors (Lipinski definition) is 4. The van der Waals surface area contributed by atoms with Crippen molar-refractivity contribution in [3.8, 4) is 0 Å². The Labute approximate surface area is 111 Å². The van der Waals surface area contributed by atoms with E-state index in [-0.39, 0.29) is 31.1 Å². The number of benzene rings is 1. The SMILES string of the molecule is COC(=O)C1CC(=O)CN1C(=O)Cc1ccccc1. The molecule has 0 spiro atoms. The van der Waals surface area contributed by atoms with Gasteiger partial charge in [-0.3, -0.25) is 9.59 Å². The zero-order valence-electron chi connectivity index (χ0n) is 10.7. The summed E-state index contributed by atoms with van der Waals surface area (Å²) in [5.74, 6) is -0.878. The average molecular weight is 261 g/mol. The number of methoxy groups -OCH3 is 1. The minimum Gasteiger partial charge on any atom is -0.467 e. The van der Waals surface area contributed by atoms with Crippen LogP contribution in [0.1, 0.15) is 12.0 Å². The molecule has 19 heavy (non-hydrogen) atoms. The van der Waals surface area contributed by atoms with Crippen molar-refractivity contribution in [1.29, 1.82) is 0 Å². The van der Waals surface area contributed by atoms with Crippen LogP contribution in [0.2, 0.25) is 0 Å². The number of ketones is 1. The minimum atomic E-state index is -0.770. The summed E-state index contributed by atoms with van der Waals surface area (Å²) in [4.78, 5) is 36.5. The van der Waals surface area contributed by atoms with Crippen LogP contribution in [0.3, 0.4) is 0 Å². The largest absolute Gasteiger partial charge is 0.467 e. The summed E-state index contributed by atoms with van der Waals surface area (Å²) in [6.07, 6.45) is 0.231. The van der Waals surface area contributed by atoms with Crippen LogP contribution in [0.5, 0.6) is 0 Å². The van der Waals surface area contributed by atoms with E-state index in [1.54, 1.807) is 0 Å². The number of likely N-dealkylation sites (tertiary alicyclic amines) is 1. The Hall–Kier alpha value is -2.17. The van der Waals surface area contributed by atoms with Gasteiger partial charge in [-0.05, 0) is 5.56 Å². The van der Waals surface area contributed by atoms with Crippen molar-refractivity contribution in [3.63, 3.8) is 0 Å². The summed E-state index contributed by atoms with van der Waals surface area (Å²) in [6.45, 7) is -0.00850. The highest BCUT2D eigenvalue weighted by Crippen LogP contribution is 2.17. The van der Waals surface area contributed by atoms with Crippen LogP contribution in [0, 0.1) is 0 Å². The van der Waals surface area contributed by atoms with Crippen molar-refractivity contribution in [2.24, 2.45) is 0 Å². The number of amides is 1. The van der Waals surface area contributed by atoms with Crippen molar-refractivity contribution >= 4 is 17.7 Å². The topological polar surface area (TPSA) is 63.7 Å². The van der Waals surface area contributed by atoms with Crippen LogP contribution < -0.4 is 0 Å². The molecule has 1 aliphatic heterocycles. The lowest BCUT2D eigenvalue weighted by molar-refractivity contribution is -0.150. The molecule has 1 fully saturated rings. The zero-order chi connectivity index (χ0) is 13.8. The van der Waals surface area contributed by atoms with Gasteiger partial charge >= 0.3 is 5.97 Å². The van der Waals surface area contributed by atoms with Crippen LogP contribution in [0.25, 0.3) is 0 Å². The monoisotopic (exact) mass is 261 g/mol. The van der Waals surface area contributed by atoms with E-state index in [9.17, 15) is 14.4 Å². The summed E-state index contributed by atoms with van der Waals surface area (Å²) < 4.78 is 4.63. The second kappa shape index (κ2) is 5.65. The highest BCUT2D eigenvalue weighted by atomic mass is 16.5. The van der Waals surface area contributed by atoms with Crippen molar-refractivity contribution in [2.45, 2.75) is 18.9 Å². The van der Waals surface area contributed by atoms with Gasteiger partial charge in [-0.15, -0.1) is 0 Å². The third kappa shape index (κ3) is 2.99. The molecule has 1 heterocycles. The molecule has 1 saturated heterocycles. The fourth-order valence-electron chi connectivity index (χ4n) is 2.17. The van der Waals surface area contributed by atoms with Gasteiger partial charge in [0.2, 0.25) is 5.91 Å². The maximum Gasteiger partial charge on any atom is 0.329 e. The molecule has 0 saturated carbocycles. The molecule has 0 N–H and O–H groups in total. The first kappa shape index (κ1) is 13.3. The van der Waals surface area contributed by atoms with Crippen molar-refractivity contribution < 1.29 is 19.1 Å². The first-order valence-electron chi connectivity index (χ1n) is 6.04. The molecule has 2 rings (SSSR count). The predicted molar refractivity (Wildman–Crippen MR) is 67.3 cm³/mol. The molecule has 1 atom stereocenters. The fourth-order valence-corrected chi connectivity index (χ4v) is 2.17. The maximum atomic E-state index is 12.2. The van der Waals surface area contributed by atoms with E-state index in [1.807, 2.05) is 30.3 Å². The molecule has 0 radical (unpaired) electrons. The van der Waals surface area contributed by atoms with Gasteiger partial charge in [-0.25, -0.2) is 4.79 Å². The molecule has 1 unspecified atom stereocenters. The number of hydrogen-bond donors (Lipinski definition) is 0. The average Bonchev–Trinajstić information content (AvgIpc) is 2.81. The Morgan fingerprint density at radius 1 is 1.32 bits per heavy atom. The number of ether oxygens (including phenoxy) is 1. The third-order valence-corrected chi connectivity index (χ3v) is 3.14. The molecule has 0 aliphatic carbocycles. The summed E-state index contributed by atoms with van der Waals surface area (Å²) in [5, 5.41) is 0. The summed E-state index contributed by atoms with van der Waals surface area (Å²) in [7, 11) is 1.25. The lowest BCUT2D eigenvalue weighted by Crippen LogP contribution is -2.41. The van der Waals surface area contributed by atoms with Crippen LogP contribution >= 0.6 is 0 Å². The van der Waals surface area contributed by atoms with E-state index < -0.39 is 12.0 Å². The molecule has 1 aliphatic rings. The van der Waals surface area contributed by atoms with Gasteiger partial charge in [0.15, 0.2) is 5.78 Å². The molecule has 0 bridgehead atoms. The van der Waals surface area contributed by atoms with Gasteiger partial charge in [0.05, 0.1) is 20.1 Å². The lowest BCUT2D eigenvalue weighted by Gasteiger charge is -2.21. The Morgan fingerprint density at radius 3 is 2.63 bits per heavy atom. The summed E-state index contributed by atoms with van der Waals surface area (Å²) in [5.41, 5.74) is 0.857. The van der Waals surface area contributed by atoms with E-state index in [1.165, 1.54) is 12.0 Å². The number of carbonyl (C=O) groups is 3. The van der Waals surface area contributed by atoms with Crippen LogP contribution in [0.15, 0.2) is 30.3 Å². The quantitative estimate of drug-likeness (QED) is 0.746. The van der Waals surface area contributed by atoms with Crippen LogP contribution in [-0.4, -0.2) is 42.3 Å². The predicted octanol–water partition coefficient (Wildman–Crippen LogP) is 0.572. The van der Waals surface area contributed by atoms with Gasteiger partial charge in [0.25, 0.3) is 0 Å². The van der Waals surface area contributed by atoms with Gasteiger partial charge in [-0.2, -0.15) is 0 Å². The molecule has 1 aromatic carbocycles. The minimum absolute atomic E-state index is 0.00850. The van der Waals surface area contributed by atoms with E-state index in [2.05, 4.69) is 4.74 Å². The number of carbonyl (C=O) groups excluding carboxylic acids is 3. The van der Waals surface area contributed by atoms with Crippen molar-refractivity contribution in [1.82, 2.24) is 4.90 Å². The van der Waals surface area contributed by atoms with Gasteiger partial charge in [0.1, 0.15) is 6.04 Å². The molecular weight excluding hydrogens is 246 g/mol. The molecule has 5 nitrogen and oxygen atoms in total. The van der Waals surface area contributed by atoms with E-state index in [0.29, 0.717) is 0 Å².